The average Bonchev–Trinajstić information content (AvgIpc) is 2.68. The molecule has 7 heteroatoms. The van der Waals surface area contributed by atoms with Crippen molar-refractivity contribution in [3.8, 4) is 11.5 Å². The molecule has 0 aromatic heterocycles. The second kappa shape index (κ2) is 9.22. The van der Waals surface area contributed by atoms with Crippen LogP contribution in [0.3, 0.4) is 0 Å². The summed E-state index contributed by atoms with van der Waals surface area (Å²) in [5, 5.41) is 6.42. The fourth-order valence-corrected chi connectivity index (χ4v) is 2.31. The first-order chi connectivity index (χ1) is 12.6. The normalized spacial score (nSPS) is 11.7. The van der Waals surface area contributed by atoms with Gasteiger partial charge in [-0.15, -0.1) is 0 Å². The molecule has 2 aromatic carbocycles. The molecule has 26 heavy (non-hydrogen) atoms. The molecule has 0 aliphatic carbocycles. The van der Waals surface area contributed by atoms with Crippen molar-refractivity contribution in [1.29, 1.82) is 0 Å². The molecule has 0 aliphatic rings. The van der Waals surface area contributed by atoms with E-state index in [1.807, 2.05) is 30.3 Å². The highest BCUT2D eigenvalue weighted by molar-refractivity contribution is 6.35. The van der Waals surface area contributed by atoms with E-state index in [0.29, 0.717) is 17.1 Å². The molecule has 0 radical (unpaired) electrons. The first kappa shape index (κ1) is 19.0. The van der Waals surface area contributed by atoms with Crippen LogP contribution in [0.2, 0.25) is 0 Å². The third-order valence-electron chi connectivity index (χ3n) is 3.66. The van der Waals surface area contributed by atoms with E-state index < -0.39 is 11.8 Å². The Morgan fingerprint density at radius 1 is 1.00 bits per heavy atom. The number of methoxy groups -OCH3 is 2. The van der Waals surface area contributed by atoms with E-state index in [1.54, 1.807) is 25.1 Å². The molecule has 1 unspecified atom stereocenters. The van der Waals surface area contributed by atoms with Crippen LogP contribution in [0.4, 0.5) is 0 Å². The lowest BCUT2D eigenvalue weighted by Crippen LogP contribution is -2.39. The van der Waals surface area contributed by atoms with Gasteiger partial charge < -0.3 is 14.8 Å². The molecule has 0 aliphatic heterocycles. The van der Waals surface area contributed by atoms with Gasteiger partial charge in [-0.1, -0.05) is 36.4 Å². The number of hydrazone groups is 1. The lowest BCUT2D eigenvalue weighted by molar-refractivity contribution is -0.139. The van der Waals surface area contributed by atoms with E-state index in [4.69, 9.17) is 9.47 Å². The Morgan fingerprint density at radius 3 is 2.38 bits per heavy atom. The van der Waals surface area contributed by atoms with E-state index in [9.17, 15) is 9.59 Å². The van der Waals surface area contributed by atoms with Gasteiger partial charge in [-0.2, -0.15) is 5.10 Å². The molecule has 0 fully saturated rings. The third-order valence-corrected chi connectivity index (χ3v) is 3.66. The van der Waals surface area contributed by atoms with Crippen LogP contribution < -0.4 is 20.2 Å². The van der Waals surface area contributed by atoms with E-state index in [-0.39, 0.29) is 6.04 Å². The zero-order valence-electron chi connectivity index (χ0n) is 14.9. The van der Waals surface area contributed by atoms with Gasteiger partial charge in [0.05, 0.1) is 26.5 Å². The molecule has 0 bridgehead atoms. The summed E-state index contributed by atoms with van der Waals surface area (Å²) >= 11 is 0. The molecule has 136 valence electrons. The fraction of sp³-hybridized carbons (Fsp3) is 0.211. The number of amides is 2. The van der Waals surface area contributed by atoms with Crippen molar-refractivity contribution >= 4 is 18.0 Å². The standard InChI is InChI=1S/C19H21N3O4/c1-13(14-8-5-4-6-9-14)21-18(23)19(24)22-20-12-15-10-7-11-16(25-2)17(15)26-3/h4-13H,1-3H3,(H,21,23)(H,22,24)/b20-12+. The van der Waals surface area contributed by atoms with Crippen molar-refractivity contribution in [2.24, 2.45) is 5.10 Å². The highest BCUT2D eigenvalue weighted by atomic mass is 16.5. The summed E-state index contributed by atoms with van der Waals surface area (Å²) in [5.74, 6) is -0.602. The van der Waals surface area contributed by atoms with E-state index >= 15 is 0 Å². The summed E-state index contributed by atoms with van der Waals surface area (Å²) in [7, 11) is 3.03. The lowest BCUT2D eigenvalue weighted by Gasteiger charge is -2.13. The van der Waals surface area contributed by atoms with Gasteiger partial charge in [-0.3, -0.25) is 9.59 Å². The van der Waals surface area contributed by atoms with Crippen LogP contribution in [0, 0.1) is 0 Å². The Hall–Kier alpha value is -3.35. The number of benzene rings is 2. The van der Waals surface area contributed by atoms with Crippen LogP contribution in [0.1, 0.15) is 24.1 Å². The van der Waals surface area contributed by atoms with Crippen LogP contribution in [-0.4, -0.2) is 32.2 Å². The minimum absolute atomic E-state index is 0.295. The van der Waals surface area contributed by atoms with Crippen molar-refractivity contribution in [2.45, 2.75) is 13.0 Å². The number of hydrogen-bond acceptors (Lipinski definition) is 5. The number of rotatable bonds is 6. The topological polar surface area (TPSA) is 89.0 Å². The molecule has 1 atom stereocenters. The van der Waals surface area contributed by atoms with E-state index in [1.165, 1.54) is 20.4 Å². The molecule has 7 nitrogen and oxygen atoms in total. The lowest BCUT2D eigenvalue weighted by atomic mass is 10.1. The predicted molar refractivity (Wildman–Crippen MR) is 98.3 cm³/mol. The Labute approximate surface area is 152 Å². The second-order valence-corrected chi connectivity index (χ2v) is 5.39. The molecule has 0 saturated carbocycles. The Balaban J connectivity index is 1.96. The number of hydrogen-bond donors (Lipinski definition) is 2. The summed E-state index contributed by atoms with van der Waals surface area (Å²) in [6.07, 6.45) is 1.38. The van der Waals surface area contributed by atoms with Gasteiger partial charge in [0, 0.05) is 5.56 Å². The molecule has 2 N–H and O–H groups in total. The van der Waals surface area contributed by atoms with Crippen molar-refractivity contribution in [2.75, 3.05) is 14.2 Å². The SMILES string of the molecule is COc1cccc(/C=N/NC(=O)C(=O)NC(C)c2ccccc2)c1OC. The summed E-state index contributed by atoms with van der Waals surface area (Å²) in [4.78, 5) is 23.8. The summed E-state index contributed by atoms with van der Waals surface area (Å²) in [5.41, 5.74) is 3.70. The van der Waals surface area contributed by atoms with Crippen molar-refractivity contribution < 1.29 is 19.1 Å². The molecule has 0 saturated heterocycles. The minimum Gasteiger partial charge on any atom is -0.493 e. The maximum absolute atomic E-state index is 12.0. The number of carbonyl (C=O) groups is 2. The van der Waals surface area contributed by atoms with Crippen molar-refractivity contribution in [1.82, 2.24) is 10.7 Å². The van der Waals surface area contributed by atoms with Gasteiger partial charge in [0.2, 0.25) is 0 Å². The Morgan fingerprint density at radius 2 is 1.73 bits per heavy atom. The highest BCUT2D eigenvalue weighted by Gasteiger charge is 2.16. The molecule has 0 heterocycles. The van der Waals surface area contributed by atoms with Crippen LogP contribution in [0.25, 0.3) is 0 Å². The average molecular weight is 355 g/mol. The van der Waals surface area contributed by atoms with Gasteiger partial charge in [0.25, 0.3) is 0 Å². The number of nitrogens with one attached hydrogen (secondary N) is 2. The van der Waals surface area contributed by atoms with Crippen LogP contribution in [-0.2, 0) is 9.59 Å². The van der Waals surface area contributed by atoms with Gasteiger partial charge in [0.15, 0.2) is 11.5 Å². The highest BCUT2D eigenvalue weighted by Crippen LogP contribution is 2.29. The van der Waals surface area contributed by atoms with Gasteiger partial charge in [-0.25, -0.2) is 5.43 Å². The first-order valence-corrected chi connectivity index (χ1v) is 7.96. The smallest absolute Gasteiger partial charge is 0.329 e. The van der Waals surface area contributed by atoms with Crippen LogP contribution >= 0.6 is 0 Å². The molecule has 2 rings (SSSR count). The van der Waals surface area contributed by atoms with Gasteiger partial charge in [-0.05, 0) is 24.6 Å². The van der Waals surface area contributed by atoms with Gasteiger partial charge >= 0.3 is 11.8 Å². The monoisotopic (exact) mass is 355 g/mol. The summed E-state index contributed by atoms with van der Waals surface area (Å²) < 4.78 is 10.5. The van der Waals surface area contributed by atoms with Crippen molar-refractivity contribution in [3.63, 3.8) is 0 Å². The summed E-state index contributed by atoms with van der Waals surface area (Å²) in [6.45, 7) is 1.80. The molecule has 0 spiro atoms. The maximum atomic E-state index is 12.0. The van der Waals surface area contributed by atoms with Crippen molar-refractivity contribution in [3.05, 3.63) is 59.7 Å². The second-order valence-electron chi connectivity index (χ2n) is 5.39. The van der Waals surface area contributed by atoms with E-state index in [2.05, 4.69) is 15.8 Å². The number of para-hydroxylation sites is 1. The quantitative estimate of drug-likeness (QED) is 0.471. The number of ether oxygens (including phenoxy) is 2. The predicted octanol–water partition coefficient (Wildman–Crippen LogP) is 2.03. The summed E-state index contributed by atoms with van der Waals surface area (Å²) in [6, 6.07) is 14.3. The molecule has 2 amide bonds. The maximum Gasteiger partial charge on any atom is 0.329 e. The zero-order valence-corrected chi connectivity index (χ0v) is 14.9. The fourth-order valence-electron chi connectivity index (χ4n) is 2.31. The Kier molecular flexibility index (Phi) is 6.73. The zero-order chi connectivity index (χ0) is 18.9. The van der Waals surface area contributed by atoms with E-state index in [0.717, 1.165) is 5.56 Å². The number of nitrogens with zero attached hydrogens (tertiary/aromatic N) is 1. The van der Waals surface area contributed by atoms with Crippen LogP contribution in [0.5, 0.6) is 11.5 Å². The number of carbonyl (C=O) groups excluding carboxylic acids is 2. The molecular weight excluding hydrogens is 334 g/mol. The van der Waals surface area contributed by atoms with Gasteiger partial charge in [0.1, 0.15) is 0 Å². The first-order valence-electron chi connectivity index (χ1n) is 7.96. The molecular formula is C19H21N3O4. The third kappa shape index (κ3) is 4.83. The van der Waals surface area contributed by atoms with Crippen LogP contribution in [0.15, 0.2) is 53.6 Å². The molecule has 2 aromatic rings. The largest absolute Gasteiger partial charge is 0.493 e. The Bertz CT molecular complexity index is 791. The minimum atomic E-state index is -0.856.